The van der Waals surface area contributed by atoms with Crippen LogP contribution in [-0.4, -0.2) is 18.5 Å². The average Bonchev–Trinajstić information content (AvgIpc) is 2.65. The number of nitrogens with one attached hydrogen (secondary N) is 1. The molecule has 5 nitrogen and oxygen atoms in total. The number of hydrogen-bond donors (Lipinski definition) is 1. The molecular formula is C11H11NO4. The van der Waals surface area contributed by atoms with E-state index in [9.17, 15) is 9.59 Å². The second-order valence-electron chi connectivity index (χ2n) is 3.53. The number of fused-ring (bicyclic) bond motifs is 1. The third kappa shape index (κ3) is 1.84. The molecule has 1 aliphatic rings. The highest BCUT2D eigenvalue weighted by Crippen LogP contribution is 2.36. The second kappa shape index (κ2) is 3.84. The van der Waals surface area contributed by atoms with Crippen LogP contribution in [0.4, 0.5) is 5.69 Å². The van der Waals surface area contributed by atoms with Crippen LogP contribution in [0.3, 0.4) is 0 Å². The van der Waals surface area contributed by atoms with Gasteiger partial charge < -0.3 is 14.8 Å². The van der Waals surface area contributed by atoms with Crippen molar-refractivity contribution in [3.63, 3.8) is 0 Å². The Balaban J connectivity index is 2.28. The van der Waals surface area contributed by atoms with Crippen molar-refractivity contribution in [1.82, 2.24) is 0 Å². The van der Waals surface area contributed by atoms with Gasteiger partial charge in [0.15, 0.2) is 11.5 Å². The molecule has 5 heteroatoms. The molecule has 0 atom stereocenters. The Hall–Kier alpha value is -2.04. The van der Waals surface area contributed by atoms with Crippen LogP contribution in [0.25, 0.3) is 0 Å². The summed E-state index contributed by atoms with van der Waals surface area (Å²) in [6, 6.07) is 3.41. The van der Waals surface area contributed by atoms with Crippen molar-refractivity contribution in [2.45, 2.75) is 13.8 Å². The van der Waals surface area contributed by atoms with E-state index in [4.69, 9.17) is 9.47 Å². The molecule has 0 saturated heterocycles. The average molecular weight is 221 g/mol. The molecule has 0 radical (unpaired) electrons. The zero-order valence-corrected chi connectivity index (χ0v) is 8.99. The summed E-state index contributed by atoms with van der Waals surface area (Å²) in [7, 11) is 0. The SMILES string of the molecule is CC(=O)C(=O)Nc1cc2c(cc1C)OCO2. The van der Waals surface area contributed by atoms with E-state index in [2.05, 4.69) is 5.32 Å². The van der Waals surface area contributed by atoms with Crippen molar-refractivity contribution in [1.29, 1.82) is 0 Å². The zero-order chi connectivity index (χ0) is 11.7. The van der Waals surface area contributed by atoms with Gasteiger partial charge >= 0.3 is 0 Å². The molecular weight excluding hydrogens is 210 g/mol. The molecule has 1 amide bonds. The van der Waals surface area contributed by atoms with Crippen molar-refractivity contribution < 1.29 is 19.1 Å². The van der Waals surface area contributed by atoms with Gasteiger partial charge in [-0.2, -0.15) is 0 Å². The van der Waals surface area contributed by atoms with Crippen molar-refractivity contribution in [2.75, 3.05) is 12.1 Å². The van der Waals surface area contributed by atoms with E-state index >= 15 is 0 Å². The number of Topliss-reactive ketones (excluding diaryl/α,β-unsaturated/α-hetero) is 1. The van der Waals surface area contributed by atoms with Gasteiger partial charge in [0, 0.05) is 18.7 Å². The molecule has 0 aromatic heterocycles. The minimum Gasteiger partial charge on any atom is -0.454 e. The molecule has 1 aromatic rings. The lowest BCUT2D eigenvalue weighted by Crippen LogP contribution is -2.20. The maximum absolute atomic E-state index is 11.2. The summed E-state index contributed by atoms with van der Waals surface area (Å²) in [5, 5.41) is 2.52. The van der Waals surface area contributed by atoms with Crippen molar-refractivity contribution >= 4 is 17.4 Å². The third-order valence-corrected chi connectivity index (χ3v) is 2.29. The first-order valence-electron chi connectivity index (χ1n) is 4.80. The van der Waals surface area contributed by atoms with E-state index in [0.717, 1.165) is 5.56 Å². The van der Waals surface area contributed by atoms with Gasteiger partial charge in [-0.1, -0.05) is 0 Å². The zero-order valence-electron chi connectivity index (χ0n) is 8.99. The molecule has 0 bridgehead atoms. The van der Waals surface area contributed by atoms with Gasteiger partial charge in [0.05, 0.1) is 0 Å². The van der Waals surface area contributed by atoms with Crippen molar-refractivity contribution in [2.24, 2.45) is 0 Å². The summed E-state index contributed by atoms with van der Waals surface area (Å²) in [4.78, 5) is 22.1. The number of anilines is 1. The van der Waals surface area contributed by atoms with E-state index in [0.29, 0.717) is 17.2 Å². The Bertz CT molecular complexity index is 467. The molecule has 0 spiro atoms. The van der Waals surface area contributed by atoms with Crippen LogP contribution in [0.15, 0.2) is 12.1 Å². The second-order valence-corrected chi connectivity index (χ2v) is 3.53. The van der Waals surface area contributed by atoms with Gasteiger partial charge in [-0.3, -0.25) is 9.59 Å². The summed E-state index contributed by atoms with van der Waals surface area (Å²) in [6.07, 6.45) is 0. The Morgan fingerprint density at radius 3 is 2.50 bits per heavy atom. The molecule has 1 N–H and O–H groups in total. The lowest BCUT2D eigenvalue weighted by molar-refractivity contribution is -0.133. The normalized spacial score (nSPS) is 12.4. The number of amides is 1. The molecule has 0 unspecified atom stereocenters. The Labute approximate surface area is 92.4 Å². The van der Waals surface area contributed by atoms with E-state index in [1.807, 2.05) is 6.92 Å². The third-order valence-electron chi connectivity index (χ3n) is 2.29. The van der Waals surface area contributed by atoms with Gasteiger partial charge in [-0.05, 0) is 18.6 Å². The van der Waals surface area contributed by atoms with Gasteiger partial charge in [0.25, 0.3) is 5.91 Å². The molecule has 1 aliphatic heterocycles. The molecule has 16 heavy (non-hydrogen) atoms. The first-order valence-corrected chi connectivity index (χ1v) is 4.80. The molecule has 2 rings (SSSR count). The molecule has 84 valence electrons. The van der Waals surface area contributed by atoms with Crippen LogP contribution in [0, 0.1) is 6.92 Å². The van der Waals surface area contributed by atoms with Crippen LogP contribution in [0.2, 0.25) is 0 Å². The van der Waals surface area contributed by atoms with E-state index in [1.165, 1.54) is 6.92 Å². The predicted octanol–water partition coefficient (Wildman–Crippen LogP) is 1.25. The van der Waals surface area contributed by atoms with E-state index in [-0.39, 0.29) is 6.79 Å². The minimum absolute atomic E-state index is 0.179. The lowest BCUT2D eigenvalue weighted by Gasteiger charge is -2.07. The number of ether oxygens (including phenoxy) is 2. The number of carbonyl (C=O) groups excluding carboxylic acids is 2. The molecule has 1 heterocycles. The standard InChI is InChI=1S/C11H11NO4/c1-6-3-9-10(16-5-15-9)4-8(6)12-11(14)7(2)13/h3-4H,5H2,1-2H3,(H,12,14). The topological polar surface area (TPSA) is 64.6 Å². The van der Waals surface area contributed by atoms with Gasteiger partial charge in [0.2, 0.25) is 12.6 Å². The molecule has 0 saturated carbocycles. The number of benzene rings is 1. The fraction of sp³-hybridized carbons (Fsp3) is 0.273. The quantitative estimate of drug-likeness (QED) is 0.763. The smallest absolute Gasteiger partial charge is 0.291 e. The number of carbonyl (C=O) groups is 2. The highest BCUT2D eigenvalue weighted by Gasteiger charge is 2.17. The number of aryl methyl sites for hydroxylation is 1. The fourth-order valence-electron chi connectivity index (χ4n) is 1.39. The van der Waals surface area contributed by atoms with E-state index in [1.54, 1.807) is 12.1 Å². The first-order chi connectivity index (χ1) is 7.58. The molecule has 1 aromatic carbocycles. The maximum atomic E-state index is 11.2. The Morgan fingerprint density at radius 2 is 1.88 bits per heavy atom. The number of rotatable bonds is 2. The van der Waals surface area contributed by atoms with Crippen LogP contribution in [-0.2, 0) is 9.59 Å². The molecule has 0 aliphatic carbocycles. The summed E-state index contributed by atoms with van der Waals surface area (Å²) in [5.74, 6) is 0.0572. The lowest BCUT2D eigenvalue weighted by atomic mass is 10.1. The number of hydrogen-bond acceptors (Lipinski definition) is 4. The number of ketones is 1. The largest absolute Gasteiger partial charge is 0.454 e. The van der Waals surface area contributed by atoms with Crippen LogP contribution >= 0.6 is 0 Å². The van der Waals surface area contributed by atoms with Crippen LogP contribution in [0.5, 0.6) is 11.5 Å². The summed E-state index contributed by atoms with van der Waals surface area (Å²) in [6.45, 7) is 3.22. The Kier molecular flexibility index (Phi) is 2.52. The monoisotopic (exact) mass is 221 g/mol. The van der Waals surface area contributed by atoms with Gasteiger partial charge in [0.1, 0.15) is 0 Å². The minimum atomic E-state index is -0.637. The highest BCUT2D eigenvalue weighted by atomic mass is 16.7. The Morgan fingerprint density at radius 1 is 1.25 bits per heavy atom. The summed E-state index contributed by atoms with van der Waals surface area (Å²) in [5.41, 5.74) is 1.38. The molecule has 0 fully saturated rings. The van der Waals surface area contributed by atoms with Crippen molar-refractivity contribution in [3.8, 4) is 11.5 Å². The summed E-state index contributed by atoms with van der Waals surface area (Å²) >= 11 is 0. The first kappa shape index (κ1) is 10.5. The van der Waals surface area contributed by atoms with Gasteiger partial charge in [-0.15, -0.1) is 0 Å². The fourth-order valence-corrected chi connectivity index (χ4v) is 1.39. The maximum Gasteiger partial charge on any atom is 0.291 e. The predicted molar refractivity (Wildman–Crippen MR) is 56.6 cm³/mol. The van der Waals surface area contributed by atoms with Gasteiger partial charge in [-0.25, -0.2) is 0 Å². The van der Waals surface area contributed by atoms with Crippen molar-refractivity contribution in [3.05, 3.63) is 17.7 Å². The highest BCUT2D eigenvalue weighted by molar-refractivity contribution is 6.39. The van der Waals surface area contributed by atoms with Crippen LogP contribution < -0.4 is 14.8 Å². The van der Waals surface area contributed by atoms with E-state index < -0.39 is 11.7 Å². The summed E-state index contributed by atoms with van der Waals surface area (Å²) < 4.78 is 10.4. The van der Waals surface area contributed by atoms with Crippen LogP contribution in [0.1, 0.15) is 12.5 Å².